The van der Waals surface area contributed by atoms with Crippen molar-refractivity contribution in [1.82, 2.24) is 10.6 Å². The monoisotopic (exact) mass is 189 g/mol. The minimum atomic E-state index is 0.306. The average Bonchev–Trinajstić information content (AvgIpc) is 2.72. The Balaban J connectivity index is 1.99. The molecule has 0 aromatic heterocycles. The molecule has 14 heavy (non-hydrogen) atoms. The molecule has 1 heterocycles. The number of hydrogen-bond acceptors (Lipinski definition) is 3. The predicted octanol–water partition coefficient (Wildman–Crippen LogP) is 1.30. The first-order valence-corrected chi connectivity index (χ1v) is 4.96. The van der Waals surface area contributed by atoms with E-state index >= 15 is 0 Å². The van der Waals surface area contributed by atoms with Crippen LogP contribution in [0.1, 0.15) is 18.5 Å². The molecule has 1 aromatic rings. The van der Waals surface area contributed by atoms with Crippen molar-refractivity contribution in [2.24, 2.45) is 4.99 Å². The van der Waals surface area contributed by atoms with Gasteiger partial charge in [0.25, 0.3) is 0 Å². The predicted molar refractivity (Wildman–Crippen MR) is 58.3 cm³/mol. The van der Waals surface area contributed by atoms with E-state index in [1.165, 1.54) is 5.56 Å². The summed E-state index contributed by atoms with van der Waals surface area (Å²) in [4.78, 5) is 4.30. The van der Waals surface area contributed by atoms with Gasteiger partial charge in [-0.1, -0.05) is 30.3 Å². The normalized spacial score (nSPS) is 17.1. The number of nitrogens with one attached hydrogen (secondary N) is 2. The van der Waals surface area contributed by atoms with E-state index in [2.05, 4.69) is 46.8 Å². The summed E-state index contributed by atoms with van der Waals surface area (Å²) in [5.74, 6) is 0.918. The first-order valence-electron chi connectivity index (χ1n) is 4.96. The summed E-state index contributed by atoms with van der Waals surface area (Å²) < 4.78 is 0. The molecule has 0 radical (unpaired) electrons. The van der Waals surface area contributed by atoms with Gasteiger partial charge in [-0.25, -0.2) is 0 Å². The Hall–Kier alpha value is -1.51. The van der Waals surface area contributed by atoms with Crippen molar-refractivity contribution in [3.8, 4) is 0 Å². The van der Waals surface area contributed by atoms with Crippen molar-refractivity contribution in [3.05, 3.63) is 35.9 Å². The zero-order valence-electron chi connectivity index (χ0n) is 8.33. The maximum atomic E-state index is 4.30. The Kier molecular flexibility index (Phi) is 2.68. The SMILES string of the molecule is C[C@@H](NC1=NCCN1)c1ccccc1. The van der Waals surface area contributed by atoms with Crippen LogP contribution < -0.4 is 10.6 Å². The average molecular weight is 189 g/mol. The maximum Gasteiger partial charge on any atom is 0.191 e. The zero-order valence-corrected chi connectivity index (χ0v) is 8.33. The van der Waals surface area contributed by atoms with Crippen LogP contribution in [0.3, 0.4) is 0 Å². The summed E-state index contributed by atoms with van der Waals surface area (Å²) in [6.45, 7) is 3.96. The van der Waals surface area contributed by atoms with E-state index in [0.29, 0.717) is 6.04 Å². The third kappa shape index (κ3) is 2.05. The summed E-state index contributed by atoms with van der Waals surface area (Å²) in [6, 6.07) is 10.7. The van der Waals surface area contributed by atoms with Gasteiger partial charge in [0.05, 0.1) is 12.6 Å². The Labute approximate surface area is 84.2 Å². The lowest BCUT2D eigenvalue weighted by Crippen LogP contribution is -2.35. The molecule has 0 bridgehead atoms. The lowest BCUT2D eigenvalue weighted by molar-refractivity contribution is 0.702. The van der Waals surface area contributed by atoms with Gasteiger partial charge in [0.15, 0.2) is 5.96 Å². The number of aliphatic imine (C=N–C) groups is 1. The molecule has 2 N–H and O–H groups in total. The van der Waals surface area contributed by atoms with Gasteiger partial charge < -0.3 is 10.6 Å². The highest BCUT2D eigenvalue weighted by atomic mass is 15.2. The van der Waals surface area contributed by atoms with E-state index in [9.17, 15) is 0 Å². The van der Waals surface area contributed by atoms with Crippen LogP contribution in [0.15, 0.2) is 35.3 Å². The summed E-state index contributed by atoms with van der Waals surface area (Å²) in [5.41, 5.74) is 1.28. The Morgan fingerprint density at radius 3 is 2.79 bits per heavy atom. The molecular weight excluding hydrogens is 174 g/mol. The highest BCUT2D eigenvalue weighted by molar-refractivity contribution is 5.81. The molecule has 0 saturated carbocycles. The molecule has 3 nitrogen and oxygen atoms in total. The van der Waals surface area contributed by atoms with Crippen molar-refractivity contribution in [2.75, 3.05) is 13.1 Å². The maximum absolute atomic E-state index is 4.30. The van der Waals surface area contributed by atoms with Crippen molar-refractivity contribution in [1.29, 1.82) is 0 Å². The molecule has 3 heteroatoms. The molecule has 1 atom stereocenters. The Morgan fingerprint density at radius 2 is 2.14 bits per heavy atom. The Bertz CT molecular complexity index is 319. The molecule has 1 aromatic carbocycles. The minimum absolute atomic E-state index is 0.306. The van der Waals surface area contributed by atoms with Crippen LogP contribution in [-0.2, 0) is 0 Å². The summed E-state index contributed by atoms with van der Waals surface area (Å²) in [7, 11) is 0. The van der Waals surface area contributed by atoms with E-state index in [4.69, 9.17) is 0 Å². The molecule has 0 unspecified atom stereocenters. The van der Waals surface area contributed by atoms with Crippen LogP contribution in [0.25, 0.3) is 0 Å². The number of benzene rings is 1. The molecule has 2 rings (SSSR count). The lowest BCUT2D eigenvalue weighted by Gasteiger charge is -2.15. The van der Waals surface area contributed by atoms with E-state index < -0.39 is 0 Å². The van der Waals surface area contributed by atoms with Crippen LogP contribution >= 0.6 is 0 Å². The molecule has 1 aliphatic rings. The van der Waals surface area contributed by atoms with Gasteiger partial charge in [-0.05, 0) is 12.5 Å². The van der Waals surface area contributed by atoms with E-state index in [1.807, 2.05) is 6.07 Å². The van der Waals surface area contributed by atoms with Crippen LogP contribution in [-0.4, -0.2) is 19.0 Å². The van der Waals surface area contributed by atoms with Gasteiger partial charge in [-0.2, -0.15) is 0 Å². The molecule has 0 aliphatic carbocycles. The van der Waals surface area contributed by atoms with Crippen LogP contribution in [0.4, 0.5) is 0 Å². The van der Waals surface area contributed by atoms with Crippen LogP contribution in [0.5, 0.6) is 0 Å². The van der Waals surface area contributed by atoms with Gasteiger partial charge in [0.1, 0.15) is 0 Å². The second kappa shape index (κ2) is 4.13. The third-order valence-corrected chi connectivity index (χ3v) is 2.33. The second-order valence-electron chi connectivity index (χ2n) is 3.43. The van der Waals surface area contributed by atoms with Crippen LogP contribution in [0.2, 0.25) is 0 Å². The number of rotatable bonds is 2. The fourth-order valence-corrected chi connectivity index (χ4v) is 1.52. The van der Waals surface area contributed by atoms with E-state index in [1.54, 1.807) is 0 Å². The van der Waals surface area contributed by atoms with Crippen molar-refractivity contribution in [3.63, 3.8) is 0 Å². The summed E-state index contributed by atoms with van der Waals surface area (Å²) >= 11 is 0. The topological polar surface area (TPSA) is 36.4 Å². The fraction of sp³-hybridized carbons (Fsp3) is 0.364. The van der Waals surface area contributed by atoms with Gasteiger partial charge in [-0.3, -0.25) is 4.99 Å². The molecule has 74 valence electrons. The standard InChI is InChI=1S/C11H15N3/c1-9(10-5-3-2-4-6-10)14-11-12-7-8-13-11/h2-6,9H,7-8H2,1H3,(H2,12,13,14)/t9-/m1/s1. The van der Waals surface area contributed by atoms with Gasteiger partial charge in [-0.15, -0.1) is 0 Å². The first kappa shape index (κ1) is 9.06. The molecular formula is C11H15N3. The number of nitrogens with zero attached hydrogens (tertiary/aromatic N) is 1. The van der Waals surface area contributed by atoms with Gasteiger partial charge in [0, 0.05) is 6.54 Å². The Morgan fingerprint density at radius 1 is 1.36 bits per heavy atom. The summed E-state index contributed by atoms with van der Waals surface area (Å²) in [5, 5.41) is 6.53. The molecule has 0 fully saturated rings. The lowest BCUT2D eigenvalue weighted by atomic mass is 10.1. The minimum Gasteiger partial charge on any atom is -0.355 e. The zero-order chi connectivity index (χ0) is 9.80. The van der Waals surface area contributed by atoms with Crippen molar-refractivity contribution >= 4 is 5.96 Å². The van der Waals surface area contributed by atoms with Gasteiger partial charge in [0.2, 0.25) is 0 Å². The third-order valence-electron chi connectivity index (χ3n) is 2.33. The van der Waals surface area contributed by atoms with Gasteiger partial charge >= 0.3 is 0 Å². The molecule has 0 saturated heterocycles. The van der Waals surface area contributed by atoms with E-state index in [0.717, 1.165) is 19.0 Å². The second-order valence-corrected chi connectivity index (χ2v) is 3.43. The first-order chi connectivity index (χ1) is 6.86. The fourth-order valence-electron chi connectivity index (χ4n) is 1.52. The molecule has 0 amide bonds. The largest absolute Gasteiger partial charge is 0.355 e. The highest BCUT2D eigenvalue weighted by Crippen LogP contribution is 2.10. The van der Waals surface area contributed by atoms with E-state index in [-0.39, 0.29) is 0 Å². The highest BCUT2D eigenvalue weighted by Gasteiger charge is 2.09. The van der Waals surface area contributed by atoms with Crippen molar-refractivity contribution in [2.45, 2.75) is 13.0 Å². The quantitative estimate of drug-likeness (QED) is 0.735. The smallest absolute Gasteiger partial charge is 0.191 e. The number of guanidine groups is 1. The van der Waals surface area contributed by atoms with Crippen LogP contribution in [0, 0.1) is 0 Å². The molecule has 1 aliphatic heterocycles. The summed E-state index contributed by atoms with van der Waals surface area (Å²) in [6.07, 6.45) is 0. The molecule has 0 spiro atoms. The van der Waals surface area contributed by atoms with Crippen molar-refractivity contribution < 1.29 is 0 Å². The number of hydrogen-bond donors (Lipinski definition) is 2.